The fourth-order valence-electron chi connectivity index (χ4n) is 4.09. The number of nitrogens with one attached hydrogen (secondary N) is 2. The van der Waals surface area contributed by atoms with Crippen molar-refractivity contribution in [2.75, 3.05) is 32.1 Å². The molecule has 0 saturated carbocycles. The molecular weight excluding hydrogens is 480 g/mol. The number of ether oxygens (including phenoxy) is 2. The van der Waals surface area contributed by atoms with Crippen LogP contribution in [0.25, 0.3) is 16.9 Å². The van der Waals surface area contributed by atoms with Gasteiger partial charge in [-0.25, -0.2) is 13.8 Å². The molecule has 2 aromatic carbocycles. The molecule has 8 nitrogen and oxygen atoms in total. The van der Waals surface area contributed by atoms with Crippen molar-refractivity contribution in [1.29, 1.82) is 0 Å². The number of aryl methyl sites for hydroxylation is 2. The summed E-state index contributed by atoms with van der Waals surface area (Å²) in [6, 6.07) is 11.8. The molecule has 0 saturated heterocycles. The van der Waals surface area contributed by atoms with Gasteiger partial charge in [-0.2, -0.15) is 0 Å². The molecule has 10 heteroatoms. The van der Waals surface area contributed by atoms with Gasteiger partial charge in [-0.1, -0.05) is 30.3 Å². The van der Waals surface area contributed by atoms with Gasteiger partial charge in [0.2, 0.25) is 0 Å². The van der Waals surface area contributed by atoms with E-state index in [-0.39, 0.29) is 18.9 Å². The van der Waals surface area contributed by atoms with Gasteiger partial charge in [0.1, 0.15) is 23.1 Å². The number of fused-ring (bicyclic) bond motifs is 1. The minimum absolute atomic E-state index is 0.0723. The van der Waals surface area contributed by atoms with Crippen LogP contribution in [0.2, 0.25) is 0 Å². The largest absolute Gasteiger partial charge is 0.483 e. The topological polar surface area (TPSA) is 103 Å². The second-order valence-electron chi connectivity index (χ2n) is 8.60. The number of rotatable bonds is 11. The first kappa shape index (κ1) is 26.1. The molecule has 0 aliphatic rings. The molecule has 4 rings (SSSR count). The predicted molar refractivity (Wildman–Crippen MR) is 138 cm³/mol. The molecule has 0 bridgehead atoms. The summed E-state index contributed by atoms with van der Waals surface area (Å²) < 4.78 is 42.2. The minimum Gasteiger partial charge on any atom is -0.483 e. The zero-order chi connectivity index (χ0) is 26.5. The van der Waals surface area contributed by atoms with Gasteiger partial charge in [0, 0.05) is 24.5 Å². The van der Waals surface area contributed by atoms with Crippen LogP contribution in [0.1, 0.15) is 16.7 Å². The molecule has 4 N–H and O–H groups in total. The molecule has 0 spiro atoms. The Morgan fingerprint density at radius 2 is 1.86 bits per heavy atom. The van der Waals surface area contributed by atoms with E-state index in [0.717, 1.165) is 22.9 Å². The Kier molecular flexibility index (Phi) is 8.00. The number of anilines is 2. The van der Waals surface area contributed by atoms with Gasteiger partial charge >= 0.3 is 0 Å². The van der Waals surface area contributed by atoms with E-state index < -0.39 is 17.5 Å². The van der Waals surface area contributed by atoms with Crippen molar-refractivity contribution in [2.45, 2.75) is 20.5 Å². The maximum absolute atomic E-state index is 14.9. The fourth-order valence-corrected chi connectivity index (χ4v) is 4.09. The van der Waals surface area contributed by atoms with Gasteiger partial charge in [-0.15, -0.1) is 0 Å². The fraction of sp³-hybridized carbons (Fsp3) is 0.259. The van der Waals surface area contributed by atoms with E-state index in [0.29, 0.717) is 41.5 Å². The van der Waals surface area contributed by atoms with Crippen LogP contribution in [0, 0.1) is 25.5 Å². The average molecular weight is 510 g/mol. The molecule has 0 radical (unpaired) electrons. The number of primary amides is 1. The van der Waals surface area contributed by atoms with Gasteiger partial charge in [0.05, 0.1) is 18.8 Å². The van der Waals surface area contributed by atoms with E-state index in [9.17, 15) is 13.6 Å². The Labute approximate surface area is 213 Å². The van der Waals surface area contributed by atoms with Crippen LogP contribution < -0.4 is 21.1 Å². The Balaban J connectivity index is 1.95. The molecule has 37 heavy (non-hydrogen) atoms. The van der Waals surface area contributed by atoms with Crippen molar-refractivity contribution in [2.24, 2.45) is 5.73 Å². The third-order valence-electron chi connectivity index (χ3n) is 5.84. The van der Waals surface area contributed by atoms with Crippen molar-refractivity contribution >= 4 is 23.1 Å². The number of hydrogen-bond acceptors (Lipinski definition) is 6. The number of para-hydroxylation sites is 1. The number of hydrogen-bond donors (Lipinski definition) is 3. The number of pyridine rings is 1. The van der Waals surface area contributed by atoms with Crippen LogP contribution in [0.15, 0.2) is 48.7 Å². The summed E-state index contributed by atoms with van der Waals surface area (Å²) in [4.78, 5) is 16.1. The first-order valence-corrected chi connectivity index (χ1v) is 11.8. The summed E-state index contributed by atoms with van der Waals surface area (Å²) >= 11 is 0. The van der Waals surface area contributed by atoms with Crippen LogP contribution in [-0.2, 0) is 16.1 Å². The summed E-state index contributed by atoms with van der Waals surface area (Å²) in [5.74, 6) is -1.59. The highest BCUT2D eigenvalue weighted by Gasteiger charge is 2.24. The van der Waals surface area contributed by atoms with Gasteiger partial charge < -0.3 is 25.8 Å². The monoisotopic (exact) mass is 509 g/mol. The summed E-state index contributed by atoms with van der Waals surface area (Å²) in [5, 5.41) is 6.37. The Bertz CT molecular complexity index is 1420. The first-order valence-electron chi connectivity index (χ1n) is 11.8. The van der Waals surface area contributed by atoms with E-state index >= 15 is 0 Å². The molecular formula is C27H29F2N5O3. The predicted octanol–water partition coefficient (Wildman–Crippen LogP) is 4.24. The van der Waals surface area contributed by atoms with Crippen molar-refractivity contribution in [1.82, 2.24) is 14.7 Å². The Hall–Kier alpha value is -4.02. The lowest BCUT2D eigenvalue weighted by atomic mass is 10.0. The average Bonchev–Trinajstić information content (AvgIpc) is 3.20. The summed E-state index contributed by atoms with van der Waals surface area (Å²) in [6.07, 6.45) is 1.17. The number of halogens is 2. The molecule has 0 unspecified atom stereocenters. The van der Waals surface area contributed by atoms with Crippen LogP contribution in [0.4, 0.5) is 20.3 Å². The summed E-state index contributed by atoms with van der Waals surface area (Å²) in [5.41, 5.74) is 9.37. The van der Waals surface area contributed by atoms with E-state index in [1.807, 2.05) is 45.2 Å². The molecule has 194 valence electrons. The van der Waals surface area contributed by atoms with E-state index in [4.69, 9.17) is 15.2 Å². The van der Waals surface area contributed by atoms with Crippen LogP contribution in [0.5, 0.6) is 5.75 Å². The number of carbonyl (C=O) groups excluding carboxylic acids is 1. The number of benzene rings is 2. The third-order valence-corrected chi connectivity index (χ3v) is 5.84. The first-order chi connectivity index (χ1) is 17.8. The maximum Gasteiger partial charge on any atom is 0.255 e. The van der Waals surface area contributed by atoms with Crippen LogP contribution in [0.3, 0.4) is 0 Å². The van der Waals surface area contributed by atoms with Crippen molar-refractivity contribution in [3.63, 3.8) is 0 Å². The SMILES string of the molecule is CNCCOCc1cccc(OCC(N)=O)c1-c1nc2c(F)cc(F)cn2c1Nc1c(C)cccc1C. The lowest BCUT2D eigenvalue weighted by Crippen LogP contribution is -2.20. The van der Waals surface area contributed by atoms with Gasteiger partial charge in [-0.3, -0.25) is 9.20 Å². The van der Waals surface area contributed by atoms with E-state index in [1.165, 1.54) is 10.6 Å². The normalized spacial score (nSPS) is 11.2. The zero-order valence-corrected chi connectivity index (χ0v) is 20.9. The third kappa shape index (κ3) is 5.71. The second kappa shape index (κ2) is 11.4. The standard InChI is InChI=1S/C27H29F2N5O3/c1-16-6-4-7-17(2)24(16)32-27-25(33-26-20(29)12-19(28)13-34(26)27)23-18(14-36-11-10-31-3)8-5-9-21(23)37-15-22(30)35/h4-9,12-13,31-32H,10-11,14-15H2,1-3H3,(H2,30,35). The van der Waals surface area contributed by atoms with E-state index in [1.54, 1.807) is 12.1 Å². The van der Waals surface area contributed by atoms with E-state index in [2.05, 4.69) is 15.6 Å². The van der Waals surface area contributed by atoms with Crippen molar-refractivity contribution in [3.8, 4) is 17.0 Å². The number of imidazole rings is 1. The zero-order valence-electron chi connectivity index (χ0n) is 20.9. The number of likely N-dealkylation sites (N-methyl/N-ethyl adjacent to an activating group) is 1. The number of amides is 1. The number of nitrogens with zero attached hydrogens (tertiary/aromatic N) is 2. The summed E-state index contributed by atoms with van der Waals surface area (Å²) in [7, 11) is 1.82. The lowest BCUT2D eigenvalue weighted by Gasteiger charge is -2.17. The van der Waals surface area contributed by atoms with Crippen LogP contribution in [-0.4, -0.2) is 42.1 Å². The molecule has 1 amide bonds. The quantitative estimate of drug-likeness (QED) is 0.262. The van der Waals surface area contributed by atoms with Gasteiger partial charge in [-0.05, 0) is 43.7 Å². The Morgan fingerprint density at radius 3 is 2.57 bits per heavy atom. The summed E-state index contributed by atoms with van der Waals surface area (Å²) in [6.45, 7) is 4.78. The second-order valence-corrected chi connectivity index (χ2v) is 8.60. The molecule has 0 aliphatic carbocycles. The number of aromatic nitrogens is 2. The highest BCUT2D eigenvalue weighted by atomic mass is 19.1. The van der Waals surface area contributed by atoms with Crippen LogP contribution >= 0.6 is 0 Å². The highest BCUT2D eigenvalue weighted by molar-refractivity contribution is 5.86. The number of carbonyl (C=O) groups is 1. The number of nitrogens with two attached hydrogens (primary N) is 1. The molecule has 2 aromatic heterocycles. The molecule has 0 fully saturated rings. The molecule has 4 aromatic rings. The molecule has 2 heterocycles. The van der Waals surface area contributed by atoms with Crippen molar-refractivity contribution < 1.29 is 23.0 Å². The van der Waals surface area contributed by atoms with Crippen molar-refractivity contribution in [3.05, 3.63) is 77.0 Å². The smallest absolute Gasteiger partial charge is 0.255 e. The van der Waals surface area contributed by atoms with Gasteiger partial charge in [0.25, 0.3) is 5.91 Å². The minimum atomic E-state index is -0.821. The highest BCUT2D eigenvalue weighted by Crippen LogP contribution is 2.40. The maximum atomic E-state index is 14.9. The molecule has 0 atom stereocenters. The lowest BCUT2D eigenvalue weighted by molar-refractivity contribution is -0.119. The van der Waals surface area contributed by atoms with Gasteiger partial charge in [0.15, 0.2) is 18.1 Å². The Morgan fingerprint density at radius 1 is 1.14 bits per heavy atom. The molecule has 0 aliphatic heterocycles.